The van der Waals surface area contributed by atoms with Crippen molar-refractivity contribution in [1.29, 1.82) is 0 Å². The second kappa shape index (κ2) is 12.6. The fourth-order valence-corrected chi connectivity index (χ4v) is 5.38. The summed E-state index contributed by atoms with van der Waals surface area (Å²) in [6.07, 6.45) is 2.06. The summed E-state index contributed by atoms with van der Waals surface area (Å²) in [4.78, 5) is 29.5. The number of esters is 1. The van der Waals surface area contributed by atoms with Crippen molar-refractivity contribution < 1.29 is 19.1 Å². The Morgan fingerprint density at radius 2 is 1.71 bits per heavy atom. The van der Waals surface area contributed by atoms with Crippen molar-refractivity contribution in [3.8, 4) is 11.5 Å². The van der Waals surface area contributed by atoms with E-state index in [1.165, 1.54) is 11.1 Å². The topological polar surface area (TPSA) is 83.7 Å². The molecule has 9 heteroatoms. The molecule has 38 heavy (non-hydrogen) atoms. The van der Waals surface area contributed by atoms with Crippen molar-refractivity contribution in [1.82, 2.24) is 9.88 Å². The molecule has 0 saturated carbocycles. The van der Waals surface area contributed by atoms with E-state index in [2.05, 4.69) is 91.4 Å². The lowest BCUT2D eigenvalue weighted by Crippen LogP contribution is -2.29. The number of amides is 1. The molecule has 0 aliphatic rings. The zero-order valence-corrected chi connectivity index (χ0v) is 24.6. The number of benzene rings is 3. The standard InChI is InChI=1S/C29H29Br2N3O4/c1-4-37-29(36)28(35)33-21-12-24(30)27(25(31)13-21)38-22-10-11-26-23(14-22)20(15-32-26)17-34(18(2)3)16-19-8-6-5-7-9-19/h5-15,18,32H,4,16-17H2,1-3H3,(H,33,35). The van der Waals surface area contributed by atoms with E-state index in [0.29, 0.717) is 32.2 Å². The SMILES string of the molecule is CCOC(=O)C(=O)Nc1cc(Br)c(Oc2ccc3[nH]cc(CN(Cc4ccccc4)C(C)C)c3c2)c(Br)c1. The zero-order valence-electron chi connectivity index (χ0n) is 21.4. The summed E-state index contributed by atoms with van der Waals surface area (Å²) < 4.78 is 12.2. The molecule has 0 unspecified atom stereocenters. The van der Waals surface area contributed by atoms with Gasteiger partial charge in [-0.05, 0) is 94.1 Å². The number of carbonyl (C=O) groups excluding carboxylic acids is 2. The molecule has 0 aliphatic heterocycles. The number of aromatic amines is 1. The van der Waals surface area contributed by atoms with E-state index in [1.54, 1.807) is 19.1 Å². The highest BCUT2D eigenvalue weighted by atomic mass is 79.9. The molecule has 0 bridgehead atoms. The molecule has 1 amide bonds. The molecule has 0 atom stereocenters. The van der Waals surface area contributed by atoms with Crippen LogP contribution in [0.1, 0.15) is 31.9 Å². The molecule has 0 spiro atoms. The molecule has 0 fully saturated rings. The van der Waals surface area contributed by atoms with E-state index in [9.17, 15) is 9.59 Å². The van der Waals surface area contributed by atoms with Crippen LogP contribution in [0.2, 0.25) is 0 Å². The third-order valence-corrected chi connectivity index (χ3v) is 7.19. The maximum atomic E-state index is 12.0. The first-order valence-corrected chi connectivity index (χ1v) is 13.9. The van der Waals surface area contributed by atoms with Gasteiger partial charge in [-0.15, -0.1) is 0 Å². The number of rotatable bonds is 9. The van der Waals surface area contributed by atoms with Gasteiger partial charge in [0.1, 0.15) is 5.75 Å². The molecule has 1 aromatic heterocycles. The van der Waals surface area contributed by atoms with Gasteiger partial charge in [-0.3, -0.25) is 9.69 Å². The number of H-pyrrole nitrogens is 1. The van der Waals surface area contributed by atoms with Crippen LogP contribution in [0.15, 0.2) is 75.8 Å². The first-order chi connectivity index (χ1) is 18.2. The van der Waals surface area contributed by atoms with Gasteiger partial charge in [-0.25, -0.2) is 4.79 Å². The Bertz CT molecular complexity index is 1410. The Kier molecular flexibility index (Phi) is 9.25. The zero-order chi connectivity index (χ0) is 27.2. The van der Waals surface area contributed by atoms with Gasteiger partial charge in [0.15, 0.2) is 5.75 Å². The van der Waals surface area contributed by atoms with Crippen LogP contribution in [0, 0.1) is 0 Å². The lowest BCUT2D eigenvalue weighted by Gasteiger charge is -2.26. The Labute approximate surface area is 238 Å². The molecule has 4 aromatic rings. The van der Waals surface area contributed by atoms with Gasteiger partial charge >= 0.3 is 11.9 Å². The number of anilines is 1. The number of halogens is 2. The third kappa shape index (κ3) is 6.83. The van der Waals surface area contributed by atoms with Crippen LogP contribution in [0.4, 0.5) is 5.69 Å². The molecule has 198 valence electrons. The number of nitrogens with zero attached hydrogens (tertiary/aromatic N) is 1. The molecule has 0 radical (unpaired) electrons. The van der Waals surface area contributed by atoms with Gasteiger partial charge in [-0.1, -0.05) is 30.3 Å². The normalized spacial score (nSPS) is 11.2. The third-order valence-electron chi connectivity index (χ3n) is 6.01. The van der Waals surface area contributed by atoms with Gasteiger partial charge in [0.2, 0.25) is 0 Å². The minimum Gasteiger partial charge on any atom is -0.459 e. The van der Waals surface area contributed by atoms with Gasteiger partial charge in [0.05, 0.1) is 15.6 Å². The highest BCUT2D eigenvalue weighted by Gasteiger charge is 2.18. The average molecular weight is 643 g/mol. The number of ether oxygens (including phenoxy) is 2. The first-order valence-electron chi connectivity index (χ1n) is 12.3. The van der Waals surface area contributed by atoms with Gasteiger partial charge in [-0.2, -0.15) is 0 Å². The number of aromatic nitrogens is 1. The molecule has 2 N–H and O–H groups in total. The van der Waals surface area contributed by atoms with Crippen LogP contribution in [0.25, 0.3) is 10.9 Å². The second-order valence-electron chi connectivity index (χ2n) is 9.05. The number of hydrogen-bond donors (Lipinski definition) is 2. The first kappa shape index (κ1) is 27.9. The average Bonchev–Trinajstić information content (AvgIpc) is 3.28. The van der Waals surface area contributed by atoms with E-state index in [0.717, 1.165) is 24.0 Å². The number of fused-ring (bicyclic) bond motifs is 1. The Hall–Kier alpha value is -3.14. The maximum Gasteiger partial charge on any atom is 0.397 e. The van der Waals surface area contributed by atoms with Gasteiger partial charge in [0, 0.05) is 41.9 Å². The molecule has 0 saturated heterocycles. The van der Waals surface area contributed by atoms with Crippen LogP contribution in [0.5, 0.6) is 11.5 Å². The smallest absolute Gasteiger partial charge is 0.397 e. The number of carbonyl (C=O) groups is 2. The summed E-state index contributed by atoms with van der Waals surface area (Å²) >= 11 is 7.03. The molecular formula is C29H29Br2N3O4. The van der Waals surface area contributed by atoms with E-state index >= 15 is 0 Å². The molecule has 4 rings (SSSR count). The molecule has 3 aromatic carbocycles. The van der Waals surface area contributed by atoms with Crippen LogP contribution in [0.3, 0.4) is 0 Å². The lowest BCUT2D eigenvalue weighted by atomic mass is 10.1. The number of nitrogens with one attached hydrogen (secondary N) is 2. The maximum absolute atomic E-state index is 12.0. The Morgan fingerprint density at radius 1 is 1.00 bits per heavy atom. The van der Waals surface area contributed by atoms with Crippen molar-refractivity contribution in [3.63, 3.8) is 0 Å². The van der Waals surface area contributed by atoms with Crippen molar-refractivity contribution in [3.05, 3.63) is 86.9 Å². The summed E-state index contributed by atoms with van der Waals surface area (Å²) in [5, 5.41) is 3.62. The van der Waals surface area contributed by atoms with Crippen LogP contribution < -0.4 is 10.1 Å². The number of hydrogen-bond acceptors (Lipinski definition) is 5. The second-order valence-corrected chi connectivity index (χ2v) is 10.8. The predicted octanol–water partition coefficient (Wildman–Crippen LogP) is 7.40. The molecule has 1 heterocycles. The summed E-state index contributed by atoms with van der Waals surface area (Å²) in [7, 11) is 0. The van der Waals surface area contributed by atoms with E-state index in [-0.39, 0.29) is 6.61 Å². The fourth-order valence-electron chi connectivity index (χ4n) is 4.04. The van der Waals surface area contributed by atoms with E-state index < -0.39 is 11.9 Å². The highest BCUT2D eigenvalue weighted by molar-refractivity contribution is 9.11. The molecular weight excluding hydrogens is 614 g/mol. The lowest BCUT2D eigenvalue weighted by molar-refractivity contribution is -0.152. The summed E-state index contributed by atoms with van der Waals surface area (Å²) in [6.45, 7) is 7.84. The van der Waals surface area contributed by atoms with Crippen LogP contribution in [-0.4, -0.2) is 34.4 Å². The van der Waals surface area contributed by atoms with Crippen LogP contribution >= 0.6 is 31.9 Å². The summed E-state index contributed by atoms with van der Waals surface area (Å²) in [5.74, 6) is -0.561. The van der Waals surface area contributed by atoms with E-state index in [1.807, 2.05) is 24.3 Å². The Balaban J connectivity index is 1.53. The van der Waals surface area contributed by atoms with Crippen molar-refractivity contribution in [2.75, 3.05) is 11.9 Å². The quantitative estimate of drug-likeness (QED) is 0.147. The van der Waals surface area contributed by atoms with Gasteiger partial charge < -0.3 is 19.8 Å². The van der Waals surface area contributed by atoms with Crippen LogP contribution in [-0.2, 0) is 27.4 Å². The molecule has 0 aliphatic carbocycles. The highest BCUT2D eigenvalue weighted by Crippen LogP contribution is 2.40. The van der Waals surface area contributed by atoms with Gasteiger partial charge in [0.25, 0.3) is 0 Å². The van der Waals surface area contributed by atoms with Crippen molar-refractivity contribution in [2.24, 2.45) is 0 Å². The largest absolute Gasteiger partial charge is 0.459 e. The summed E-state index contributed by atoms with van der Waals surface area (Å²) in [6, 6.07) is 20.1. The fraction of sp³-hybridized carbons (Fsp3) is 0.241. The molecule has 7 nitrogen and oxygen atoms in total. The van der Waals surface area contributed by atoms with E-state index in [4.69, 9.17) is 9.47 Å². The monoisotopic (exact) mass is 641 g/mol. The Morgan fingerprint density at radius 3 is 2.37 bits per heavy atom. The van der Waals surface area contributed by atoms with Crippen molar-refractivity contribution >= 4 is 60.3 Å². The predicted molar refractivity (Wildman–Crippen MR) is 156 cm³/mol. The van der Waals surface area contributed by atoms with Crippen molar-refractivity contribution in [2.45, 2.75) is 39.9 Å². The minimum absolute atomic E-state index is 0.127. The minimum atomic E-state index is -0.935. The summed E-state index contributed by atoms with van der Waals surface area (Å²) in [5.41, 5.74) is 3.92.